The molecule has 0 aliphatic rings. The van der Waals surface area contributed by atoms with Crippen molar-refractivity contribution in [2.75, 3.05) is 19.0 Å². The molecule has 0 amide bonds. The van der Waals surface area contributed by atoms with Gasteiger partial charge in [-0.1, -0.05) is 66.2 Å². The first kappa shape index (κ1) is 27.2. The largest absolute Gasteiger partial charge is 0.744 e. The molecule has 1 aromatic heterocycles. The highest BCUT2D eigenvalue weighted by atomic mass is 32.2. The second-order valence-electron chi connectivity index (χ2n) is 9.02. The first-order valence-electron chi connectivity index (χ1n) is 12.1. The monoisotopic (exact) mass is 539 g/mol. The second-order valence-corrected chi connectivity index (χ2v) is 11.5. The van der Waals surface area contributed by atoms with Crippen LogP contribution in [0.3, 0.4) is 0 Å². The number of hydrogen-bond acceptors (Lipinski definition) is 4. The topological polar surface area (TPSA) is 60.4 Å². The van der Waals surface area contributed by atoms with Crippen molar-refractivity contribution >= 4 is 27.1 Å². The minimum absolute atomic E-state index is 0.178. The van der Waals surface area contributed by atoms with E-state index < -0.39 is 10.1 Å². The van der Waals surface area contributed by atoms with Crippen LogP contribution in [-0.4, -0.2) is 27.1 Å². The molecular formula is C32H29NO3S2. The van der Waals surface area contributed by atoms with Gasteiger partial charge in [-0.2, -0.15) is 0 Å². The zero-order valence-electron chi connectivity index (χ0n) is 21.5. The van der Waals surface area contributed by atoms with E-state index in [9.17, 15) is 13.0 Å². The summed E-state index contributed by atoms with van der Waals surface area (Å²) in [7, 11) is -0.130. The molecule has 0 unspecified atom stereocenters. The maximum Gasteiger partial charge on any atom is 0.239 e. The number of aryl methyl sites for hydroxylation is 1. The molecule has 5 aromatic rings. The van der Waals surface area contributed by atoms with Gasteiger partial charge in [0.05, 0.1) is 4.90 Å². The average molecular weight is 540 g/mol. The van der Waals surface area contributed by atoms with Crippen LogP contribution in [0.1, 0.15) is 5.56 Å². The quantitative estimate of drug-likeness (QED) is 0.168. The Morgan fingerprint density at radius 1 is 0.605 bits per heavy atom. The Morgan fingerprint density at radius 3 is 1.50 bits per heavy atom. The van der Waals surface area contributed by atoms with Gasteiger partial charge in [-0.05, 0) is 66.6 Å². The smallest absolute Gasteiger partial charge is 0.239 e. The Morgan fingerprint density at radius 2 is 1.08 bits per heavy atom. The van der Waals surface area contributed by atoms with E-state index in [1.165, 1.54) is 49.8 Å². The molecule has 0 spiro atoms. The van der Waals surface area contributed by atoms with Gasteiger partial charge in [-0.3, -0.25) is 0 Å². The molecule has 0 aliphatic carbocycles. The summed E-state index contributed by atoms with van der Waals surface area (Å²) in [4.78, 5) is 4.51. The first-order valence-corrected chi connectivity index (χ1v) is 14.3. The number of benzene rings is 4. The van der Waals surface area contributed by atoms with E-state index in [2.05, 4.69) is 116 Å². The van der Waals surface area contributed by atoms with Gasteiger partial charge in [0.25, 0.3) is 0 Å². The molecular weight excluding hydrogens is 510 g/mol. The molecule has 0 saturated heterocycles. The molecule has 192 valence electrons. The van der Waals surface area contributed by atoms with Gasteiger partial charge in [0.15, 0.2) is 0 Å². The summed E-state index contributed by atoms with van der Waals surface area (Å²) in [5, 5.41) is 0. The van der Waals surface area contributed by atoms with E-state index in [1.807, 2.05) is 18.3 Å². The molecule has 0 atom stereocenters. The summed E-state index contributed by atoms with van der Waals surface area (Å²) in [6.45, 7) is 1.82. The third-order valence-corrected chi connectivity index (χ3v) is 7.93. The fourth-order valence-corrected chi connectivity index (χ4v) is 5.40. The lowest BCUT2D eigenvalue weighted by molar-refractivity contribution is 0.463. The Labute approximate surface area is 229 Å². The van der Waals surface area contributed by atoms with Gasteiger partial charge in [0.2, 0.25) is 21.1 Å². The van der Waals surface area contributed by atoms with E-state index in [0.29, 0.717) is 0 Å². The molecule has 0 saturated carbocycles. The average Bonchev–Trinajstić information content (AvgIpc) is 2.94. The summed E-state index contributed by atoms with van der Waals surface area (Å²) in [6, 6.07) is 40.4. The van der Waals surface area contributed by atoms with Crippen LogP contribution in [0.2, 0.25) is 0 Å². The van der Waals surface area contributed by atoms with Crippen LogP contribution in [0.25, 0.3) is 32.0 Å². The van der Waals surface area contributed by atoms with Crippen LogP contribution < -0.4 is 4.90 Å². The third-order valence-electron chi connectivity index (χ3n) is 5.94. The standard InChI is InChI=1S/C25H22NS.C7H8O3S/c1-26(2)23-15-13-19(14-16-23)22-17-24(20-9-5-3-6-10-20)27-25(18-22)21-11-7-4-8-12-21;1-6-2-4-7(5-3-6)11(8,9)10/h3-18H,1-2H3;2-5H,1H3,(H,8,9,10)/q+1;/p-1. The van der Waals surface area contributed by atoms with Crippen molar-refractivity contribution in [3.8, 4) is 32.0 Å². The highest BCUT2D eigenvalue weighted by Gasteiger charge is 2.19. The van der Waals surface area contributed by atoms with Crippen molar-refractivity contribution in [1.29, 1.82) is 0 Å². The maximum absolute atomic E-state index is 10.4. The van der Waals surface area contributed by atoms with Gasteiger partial charge < -0.3 is 9.45 Å². The molecule has 1 heterocycles. The summed E-state index contributed by atoms with van der Waals surface area (Å²) in [5.41, 5.74) is 7.14. The Balaban J connectivity index is 0.000000257. The minimum Gasteiger partial charge on any atom is -0.744 e. The molecule has 0 N–H and O–H groups in total. The zero-order valence-corrected chi connectivity index (χ0v) is 23.2. The fourth-order valence-electron chi connectivity index (χ4n) is 3.81. The fraction of sp³-hybridized carbons (Fsp3) is 0.0938. The SMILES string of the molecule is CN(C)c1ccc(-c2cc(-c3ccccc3)[s+]c(-c3ccccc3)c2)cc1.Cc1ccc(S(=O)(=O)[O-])cc1. The van der Waals surface area contributed by atoms with Crippen LogP contribution in [-0.2, 0) is 10.1 Å². The van der Waals surface area contributed by atoms with Crippen molar-refractivity contribution in [2.45, 2.75) is 11.8 Å². The van der Waals surface area contributed by atoms with Crippen LogP contribution in [0.4, 0.5) is 5.69 Å². The van der Waals surface area contributed by atoms with Gasteiger partial charge in [-0.15, -0.1) is 0 Å². The Hall–Kier alpha value is -3.84. The third kappa shape index (κ3) is 7.13. The van der Waals surface area contributed by atoms with Crippen LogP contribution in [0, 0.1) is 6.92 Å². The van der Waals surface area contributed by atoms with Crippen molar-refractivity contribution in [3.63, 3.8) is 0 Å². The van der Waals surface area contributed by atoms with Gasteiger partial charge in [-0.25, -0.2) is 8.42 Å². The van der Waals surface area contributed by atoms with Crippen molar-refractivity contribution in [2.24, 2.45) is 0 Å². The van der Waals surface area contributed by atoms with Crippen LogP contribution in [0.15, 0.2) is 126 Å². The number of nitrogens with zero attached hydrogens (tertiary/aromatic N) is 1. The lowest BCUT2D eigenvalue weighted by Crippen LogP contribution is -2.07. The molecule has 0 aliphatic heterocycles. The lowest BCUT2D eigenvalue weighted by atomic mass is 10.0. The maximum atomic E-state index is 10.4. The van der Waals surface area contributed by atoms with E-state index in [1.54, 1.807) is 12.1 Å². The van der Waals surface area contributed by atoms with Crippen LogP contribution in [0.5, 0.6) is 0 Å². The van der Waals surface area contributed by atoms with E-state index in [4.69, 9.17) is 0 Å². The molecule has 4 aromatic carbocycles. The Bertz CT molecular complexity index is 1530. The van der Waals surface area contributed by atoms with Gasteiger partial charge in [0, 0.05) is 43.0 Å². The summed E-state index contributed by atoms with van der Waals surface area (Å²) < 4.78 is 31.2. The molecule has 0 bridgehead atoms. The molecule has 38 heavy (non-hydrogen) atoms. The molecule has 0 radical (unpaired) electrons. The summed E-state index contributed by atoms with van der Waals surface area (Å²) in [6.07, 6.45) is 0. The highest BCUT2D eigenvalue weighted by Crippen LogP contribution is 2.37. The summed E-state index contributed by atoms with van der Waals surface area (Å²) in [5.74, 6) is 0. The predicted molar refractivity (Wildman–Crippen MR) is 159 cm³/mol. The first-order chi connectivity index (χ1) is 18.2. The Kier molecular flexibility index (Phi) is 8.69. The van der Waals surface area contributed by atoms with Gasteiger partial charge >= 0.3 is 0 Å². The zero-order chi connectivity index (χ0) is 27.1. The van der Waals surface area contributed by atoms with Crippen LogP contribution >= 0.6 is 11.3 Å². The molecule has 6 heteroatoms. The molecule has 0 fully saturated rings. The summed E-state index contributed by atoms with van der Waals surface area (Å²) >= 11 is 1.84. The highest BCUT2D eigenvalue weighted by molar-refractivity contribution is 7.85. The number of rotatable bonds is 5. The normalized spacial score (nSPS) is 10.8. The molecule has 4 nitrogen and oxygen atoms in total. The number of hydrogen-bond donors (Lipinski definition) is 0. The van der Waals surface area contributed by atoms with Gasteiger partial charge in [0.1, 0.15) is 10.1 Å². The second kappa shape index (κ2) is 12.1. The predicted octanol–water partition coefficient (Wildman–Crippen LogP) is 8.00. The van der Waals surface area contributed by atoms with Crippen molar-refractivity contribution in [1.82, 2.24) is 0 Å². The number of anilines is 1. The van der Waals surface area contributed by atoms with Crippen molar-refractivity contribution < 1.29 is 13.0 Å². The van der Waals surface area contributed by atoms with E-state index >= 15 is 0 Å². The lowest BCUT2D eigenvalue weighted by Gasteiger charge is -2.12. The van der Waals surface area contributed by atoms with E-state index in [-0.39, 0.29) is 4.90 Å². The minimum atomic E-state index is -4.27. The van der Waals surface area contributed by atoms with Crippen molar-refractivity contribution in [3.05, 3.63) is 127 Å². The van der Waals surface area contributed by atoms with E-state index in [0.717, 1.165) is 5.56 Å². The molecule has 5 rings (SSSR count).